The Morgan fingerprint density at radius 1 is 1.21 bits per heavy atom. The van der Waals surface area contributed by atoms with E-state index in [0.29, 0.717) is 37.7 Å². The lowest BCUT2D eigenvalue weighted by molar-refractivity contribution is -0.150. The average Bonchev–Trinajstić information content (AvgIpc) is 3.55. The molecule has 1 saturated carbocycles. The number of nitrogens with zero attached hydrogens (tertiary/aromatic N) is 2. The smallest absolute Gasteiger partial charge is 0.408 e. The summed E-state index contributed by atoms with van der Waals surface area (Å²) < 4.78 is 28.3. The van der Waals surface area contributed by atoms with Crippen LogP contribution in [0.4, 0.5) is 4.79 Å². The van der Waals surface area contributed by atoms with E-state index in [1.54, 1.807) is 47.1 Å². The van der Waals surface area contributed by atoms with Crippen molar-refractivity contribution < 1.29 is 42.9 Å². The van der Waals surface area contributed by atoms with Crippen molar-refractivity contribution in [1.82, 2.24) is 20.5 Å². The number of hydrogen-bond donors (Lipinski definition) is 2. The van der Waals surface area contributed by atoms with E-state index in [-0.39, 0.29) is 31.9 Å². The Kier molecular flexibility index (Phi) is 10.2. The molecule has 13 heteroatoms. The summed E-state index contributed by atoms with van der Waals surface area (Å²) in [6.45, 7) is 7.74. The number of rotatable bonds is 6. The second-order valence-corrected chi connectivity index (χ2v) is 13.0. The molecule has 1 aliphatic carbocycles. The van der Waals surface area contributed by atoms with Crippen LogP contribution in [0.25, 0.3) is 10.8 Å². The predicted octanol–water partition coefficient (Wildman–Crippen LogP) is 3.29. The largest absolute Gasteiger partial charge is 0.497 e. The van der Waals surface area contributed by atoms with Gasteiger partial charge in [-0.15, -0.1) is 0 Å². The van der Waals surface area contributed by atoms with Crippen molar-refractivity contribution in [1.29, 1.82) is 0 Å². The maximum atomic E-state index is 14.2. The van der Waals surface area contributed by atoms with E-state index in [9.17, 15) is 19.2 Å². The van der Waals surface area contributed by atoms with Gasteiger partial charge < -0.3 is 39.2 Å². The van der Waals surface area contributed by atoms with E-state index in [1.165, 1.54) is 4.90 Å². The second-order valence-electron chi connectivity index (χ2n) is 13.0. The normalized spacial score (nSPS) is 26.6. The Hall–Kier alpha value is -4.39. The number of ether oxygens (including phenoxy) is 5. The highest BCUT2D eigenvalue weighted by Crippen LogP contribution is 2.46. The SMILES string of the molecule is CCOC(=O)[C@@]12C[C@H]1C=CCOCCC[C@H](NC(=O)OC(C)(C)C)C(=O)N1C[C@H](Oc3nccc4cc(OC)ccc34)C[C@H]1C(=O)N2. The Labute approximate surface area is 274 Å². The molecule has 1 saturated heterocycles. The summed E-state index contributed by atoms with van der Waals surface area (Å²) in [5, 5.41) is 7.24. The number of fused-ring (bicyclic) bond motifs is 3. The minimum Gasteiger partial charge on any atom is -0.497 e. The molecular formula is C34H44N4O9. The second kappa shape index (κ2) is 14.2. The molecule has 3 aliphatic rings. The van der Waals surface area contributed by atoms with E-state index in [1.807, 2.05) is 30.4 Å². The summed E-state index contributed by atoms with van der Waals surface area (Å²) in [4.78, 5) is 60.1. The highest BCUT2D eigenvalue weighted by Gasteiger charge is 2.62. The lowest BCUT2D eigenvalue weighted by Crippen LogP contribution is -2.56. The molecule has 0 bridgehead atoms. The van der Waals surface area contributed by atoms with Gasteiger partial charge >= 0.3 is 12.1 Å². The van der Waals surface area contributed by atoms with Crippen molar-refractivity contribution in [2.24, 2.45) is 5.92 Å². The van der Waals surface area contributed by atoms with Gasteiger partial charge in [-0.2, -0.15) is 0 Å². The standard InChI is InChI=1S/C34H44N4O9/c1-6-45-31(41)34-19-22(34)9-7-15-44-16-8-10-26(36-32(42)47-33(2,3)4)30(40)38-20-24(18-27(38)28(39)37-34)46-29-25-12-11-23(43-5)17-21(25)13-14-35-29/h7,9,11-14,17,22,24,26-27H,6,8,10,15-16,18-20H2,1-5H3,(H,36,42)(H,37,39)/t22-,24-,26+,27+,34-/m1/s1. The van der Waals surface area contributed by atoms with Crippen LogP contribution >= 0.6 is 0 Å². The molecule has 2 aliphatic heterocycles. The Bertz CT molecular complexity index is 1520. The van der Waals surface area contributed by atoms with Crippen molar-refractivity contribution in [2.75, 3.05) is 33.5 Å². The maximum absolute atomic E-state index is 14.2. The summed E-state index contributed by atoms with van der Waals surface area (Å²) in [6.07, 6.45) is 5.14. The third kappa shape index (κ3) is 7.95. The monoisotopic (exact) mass is 652 g/mol. The molecule has 0 radical (unpaired) electrons. The minimum absolute atomic E-state index is 0.0455. The summed E-state index contributed by atoms with van der Waals surface area (Å²) in [7, 11) is 1.59. The molecule has 3 amide bonds. The molecule has 1 aromatic heterocycles. The van der Waals surface area contributed by atoms with Gasteiger partial charge in [-0.05, 0) is 76.6 Å². The van der Waals surface area contributed by atoms with Crippen LogP contribution in [0.2, 0.25) is 0 Å². The molecule has 5 atom stereocenters. The van der Waals surface area contributed by atoms with Gasteiger partial charge in [0.1, 0.15) is 35.1 Å². The van der Waals surface area contributed by atoms with Crippen LogP contribution in [-0.2, 0) is 28.6 Å². The zero-order valence-electron chi connectivity index (χ0n) is 27.6. The fraction of sp³-hybridized carbons (Fsp3) is 0.559. The molecule has 0 spiro atoms. The number of benzene rings is 1. The molecule has 47 heavy (non-hydrogen) atoms. The summed E-state index contributed by atoms with van der Waals surface area (Å²) in [5.41, 5.74) is -2.03. The van der Waals surface area contributed by atoms with Gasteiger partial charge in [-0.1, -0.05) is 12.2 Å². The molecule has 1 aromatic carbocycles. The van der Waals surface area contributed by atoms with Gasteiger partial charge in [-0.3, -0.25) is 9.59 Å². The van der Waals surface area contributed by atoms with Crippen molar-refractivity contribution >= 4 is 34.6 Å². The van der Waals surface area contributed by atoms with E-state index < -0.39 is 53.2 Å². The Balaban J connectivity index is 1.45. The molecule has 2 N–H and O–H groups in total. The number of pyridine rings is 1. The molecule has 3 heterocycles. The van der Waals surface area contributed by atoms with Crippen molar-refractivity contribution in [3.05, 3.63) is 42.6 Å². The van der Waals surface area contributed by atoms with Crippen LogP contribution in [0.15, 0.2) is 42.6 Å². The van der Waals surface area contributed by atoms with Crippen LogP contribution in [0.5, 0.6) is 11.6 Å². The fourth-order valence-corrected chi connectivity index (χ4v) is 6.06. The third-order valence-corrected chi connectivity index (χ3v) is 8.42. The molecule has 0 unspecified atom stereocenters. The minimum atomic E-state index is -1.25. The maximum Gasteiger partial charge on any atom is 0.408 e. The number of hydrogen-bond acceptors (Lipinski definition) is 10. The first-order valence-electron chi connectivity index (χ1n) is 16.1. The summed E-state index contributed by atoms with van der Waals surface area (Å²) in [5.74, 6) is -0.760. The third-order valence-electron chi connectivity index (χ3n) is 8.42. The highest BCUT2D eigenvalue weighted by atomic mass is 16.6. The van der Waals surface area contributed by atoms with Gasteiger partial charge in [0, 0.05) is 30.5 Å². The van der Waals surface area contributed by atoms with Crippen LogP contribution < -0.4 is 20.1 Å². The van der Waals surface area contributed by atoms with E-state index in [2.05, 4.69) is 15.6 Å². The lowest BCUT2D eigenvalue weighted by Gasteiger charge is -2.30. The van der Waals surface area contributed by atoms with E-state index >= 15 is 0 Å². The predicted molar refractivity (Wildman–Crippen MR) is 171 cm³/mol. The molecule has 254 valence electrons. The van der Waals surface area contributed by atoms with Gasteiger partial charge in [0.2, 0.25) is 17.7 Å². The average molecular weight is 653 g/mol. The fourth-order valence-electron chi connectivity index (χ4n) is 6.06. The van der Waals surface area contributed by atoms with Crippen LogP contribution in [0, 0.1) is 5.92 Å². The quantitative estimate of drug-likeness (QED) is 0.351. The number of esters is 1. The number of aromatic nitrogens is 1. The first-order valence-corrected chi connectivity index (χ1v) is 16.1. The van der Waals surface area contributed by atoms with Crippen LogP contribution in [0.1, 0.15) is 53.4 Å². The number of nitrogens with one attached hydrogen (secondary N) is 2. The zero-order chi connectivity index (χ0) is 33.8. The zero-order valence-corrected chi connectivity index (χ0v) is 27.6. The van der Waals surface area contributed by atoms with Crippen molar-refractivity contribution in [3.63, 3.8) is 0 Å². The topological polar surface area (TPSA) is 155 Å². The Morgan fingerprint density at radius 3 is 2.77 bits per heavy atom. The van der Waals surface area contributed by atoms with Gasteiger partial charge in [0.05, 0.1) is 26.9 Å². The number of carbonyl (C=O) groups excluding carboxylic acids is 4. The number of methoxy groups -OCH3 is 1. The Morgan fingerprint density at radius 2 is 2.02 bits per heavy atom. The molecule has 2 aromatic rings. The van der Waals surface area contributed by atoms with E-state index in [4.69, 9.17) is 23.7 Å². The first-order chi connectivity index (χ1) is 22.4. The molecule has 13 nitrogen and oxygen atoms in total. The van der Waals surface area contributed by atoms with E-state index in [0.717, 1.165) is 10.8 Å². The molecule has 2 fully saturated rings. The van der Waals surface area contributed by atoms with Gasteiger partial charge in [-0.25, -0.2) is 14.6 Å². The van der Waals surface area contributed by atoms with Crippen molar-refractivity contribution in [3.8, 4) is 11.6 Å². The number of amides is 3. The number of alkyl carbamates (subject to hydrolysis) is 1. The van der Waals surface area contributed by atoms with Crippen LogP contribution in [0.3, 0.4) is 0 Å². The number of carbonyl (C=O) groups is 4. The van der Waals surface area contributed by atoms with Crippen LogP contribution in [-0.4, -0.2) is 96.6 Å². The van der Waals surface area contributed by atoms with Crippen molar-refractivity contribution in [2.45, 2.75) is 82.7 Å². The molecule has 5 rings (SSSR count). The summed E-state index contributed by atoms with van der Waals surface area (Å²) in [6, 6.07) is 5.35. The highest BCUT2D eigenvalue weighted by molar-refractivity contribution is 5.96. The lowest BCUT2D eigenvalue weighted by atomic mass is 10.1. The van der Waals surface area contributed by atoms with Gasteiger partial charge in [0.25, 0.3) is 0 Å². The molecular weight excluding hydrogens is 608 g/mol. The first kappa shape index (κ1) is 34.0. The summed E-state index contributed by atoms with van der Waals surface area (Å²) >= 11 is 0. The van der Waals surface area contributed by atoms with Gasteiger partial charge in [0.15, 0.2) is 0 Å².